The van der Waals surface area contributed by atoms with Crippen molar-refractivity contribution in [1.29, 1.82) is 0 Å². The monoisotopic (exact) mass is 392 g/mol. The summed E-state index contributed by atoms with van der Waals surface area (Å²) in [5.41, 5.74) is 1.04. The second kappa shape index (κ2) is 8.20. The Labute approximate surface area is 158 Å². The summed E-state index contributed by atoms with van der Waals surface area (Å²) in [5.74, 6) is -0.869. The van der Waals surface area contributed by atoms with Gasteiger partial charge in [0.2, 0.25) is 10.0 Å². The average Bonchev–Trinajstić information content (AvgIpc) is 3.06. The zero-order chi connectivity index (χ0) is 19.4. The van der Waals surface area contributed by atoms with E-state index in [1.54, 1.807) is 4.68 Å². The Balaban J connectivity index is 1.56. The van der Waals surface area contributed by atoms with Gasteiger partial charge in [0.1, 0.15) is 4.90 Å². The van der Waals surface area contributed by atoms with Gasteiger partial charge in [-0.1, -0.05) is 37.3 Å². The van der Waals surface area contributed by atoms with E-state index < -0.39 is 16.0 Å². The first-order chi connectivity index (χ1) is 12.9. The standard InChI is InChI=1S/C18H24N4O4S/c1-2-21(13-18(23)24)16-8-15(9-16)20-27(25,26)17-10-19-22(12-17)11-14-6-4-3-5-7-14/h3-7,10,12,15-16,20H,2,8-9,11,13H2,1H3,(H,23,24). The minimum Gasteiger partial charge on any atom is -0.480 e. The van der Waals surface area contributed by atoms with Crippen LogP contribution in [0.5, 0.6) is 0 Å². The van der Waals surface area contributed by atoms with Gasteiger partial charge in [0.15, 0.2) is 0 Å². The average molecular weight is 392 g/mol. The molecule has 1 aromatic carbocycles. The maximum absolute atomic E-state index is 12.6. The lowest BCUT2D eigenvalue weighted by Gasteiger charge is -2.41. The number of nitrogens with one attached hydrogen (secondary N) is 1. The third-order valence-electron chi connectivity index (χ3n) is 4.80. The summed E-state index contributed by atoms with van der Waals surface area (Å²) in [6.07, 6.45) is 4.09. The summed E-state index contributed by atoms with van der Waals surface area (Å²) in [5, 5.41) is 13.1. The quantitative estimate of drug-likeness (QED) is 0.663. The van der Waals surface area contributed by atoms with E-state index >= 15 is 0 Å². The highest BCUT2D eigenvalue weighted by Crippen LogP contribution is 2.27. The number of rotatable bonds is 9. The van der Waals surface area contributed by atoms with Gasteiger partial charge in [-0.15, -0.1) is 0 Å². The first kappa shape index (κ1) is 19.5. The van der Waals surface area contributed by atoms with Crippen LogP contribution in [0.4, 0.5) is 0 Å². The molecule has 0 radical (unpaired) electrons. The van der Waals surface area contributed by atoms with Crippen molar-refractivity contribution in [1.82, 2.24) is 19.4 Å². The maximum Gasteiger partial charge on any atom is 0.317 e. The van der Waals surface area contributed by atoms with Gasteiger partial charge in [-0.05, 0) is 24.9 Å². The minimum absolute atomic E-state index is 0.0209. The van der Waals surface area contributed by atoms with Crippen LogP contribution in [-0.2, 0) is 21.4 Å². The number of benzene rings is 1. The fraction of sp³-hybridized carbons (Fsp3) is 0.444. The normalized spacial score (nSPS) is 19.8. The third-order valence-corrected chi connectivity index (χ3v) is 6.28. The summed E-state index contributed by atoms with van der Waals surface area (Å²) >= 11 is 0. The van der Waals surface area contributed by atoms with Crippen LogP contribution in [0, 0.1) is 0 Å². The van der Waals surface area contributed by atoms with Gasteiger partial charge in [-0.2, -0.15) is 5.10 Å². The number of aliphatic carboxylic acids is 1. The van der Waals surface area contributed by atoms with Crippen molar-refractivity contribution in [3.8, 4) is 0 Å². The minimum atomic E-state index is -3.64. The molecular formula is C18H24N4O4S. The van der Waals surface area contributed by atoms with Gasteiger partial charge in [-0.25, -0.2) is 13.1 Å². The Bertz CT molecular complexity index is 876. The molecule has 0 aliphatic heterocycles. The molecule has 3 rings (SSSR count). The molecule has 1 fully saturated rings. The Morgan fingerprint density at radius 3 is 2.67 bits per heavy atom. The van der Waals surface area contributed by atoms with E-state index in [0.717, 1.165) is 5.56 Å². The smallest absolute Gasteiger partial charge is 0.317 e. The van der Waals surface area contributed by atoms with E-state index in [2.05, 4.69) is 9.82 Å². The van der Waals surface area contributed by atoms with Crippen LogP contribution >= 0.6 is 0 Å². The van der Waals surface area contributed by atoms with Gasteiger partial charge in [0.05, 0.1) is 19.3 Å². The number of nitrogens with zero attached hydrogens (tertiary/aromatic N) is 3. The van der Waals surface area contributed by atoms with Gasteiger partial charge < -0.3 is 5.11 Å². The molecule has 146 valence electrons. The zero-order valence-electron chi connectivity index (χ0n) is 15.2. The predicted octanol–water partition coefficient (Wildman–Crippen LogP) is 1.15. The fourth-order valence-electron chi connectivity index (χ4n) is 3.28. The number of hydrogen-bond donors (Lipinski definition) is 2. The van der Waals surface area contributed by atoms with Gasteiger partial charge >= 0.3 is 5.97 Å². The SMILES string of the molecule is CCN(CC(=O)O)C1CC(NS(=O)(=O)c2cnn(Cc3ccccc3)c2)C1. The lowest BCUT2D eigenvalue weighted by molar-refractivity contribution is -0.139. The van der Waals surface area contributed by atoms with Crippen LogP contribution < -0.4 is 4.72 Å². The first-order valence-electron chi connectivity index (χ1n) is 8.92. The lowest BCUT2D eigenvalue weighted by Crippen LogP contribution is -2.54. The summed E-state index contributed by atoms with van der Waals surface area (Å²) in [6, 6.07) is 9.61. The highest BCUT2D eigenvalue weighted by atomic mass is 32.2. The summed E-state index contributed by atoms with van der Waals surface area (Å²) in [7, 11) is -3.64. The van der Waals surface area contributed by atoms with Crippen molar-refractivity contribution in [2.45, 2.75) is 43.3 Å². The second-order valence-corrected chi connectivity index (χ2v) is 8.47. The number of likely N-dealkylation sites (N-methyl/N-ethyl adjacent to an activating group) is 1. The van der Waals surface area contributed by atoms with Gasteiger partial charge in [0.25, 0.3) is 0 Å². The third kappa shape index (κ3) is 4.94. The van der Waals surface area contributed by atoms with E-state index in [-0.39, 0.29) is 23.5 Å². The topological polar surface area (TPSA) is 105 Å². The Hall–Kier alpha value is -2.23. The molecule has 0 unspecified atom stereocenters. The number of hydrogen-bond acceptors (Lipinski definition) is 5. The number of sulfonamides is 1. The number of carboxylic acids is 1. The second-order valence-electron chi connectivity index (χ2n) is 6.76. The highest BCUT2D eigenvalue weighted by molar-refractivity contribution is 7.89. The van der Waals surface area contributed by atoms with Crippen LogP contribution in [-0.4, -0.2) is 59.3 Å². The molecule has 2 aromatic rings. The molecule has 0 bridgehead atoms. The maximum atomic E-state index is 12.6. The molecular weight excluding hydrogens is 368 g/mol. The van der Waals surface area contributed by atoms with Gasteiger partial charge in [-0.3, -0.25) is 14.4 Å². The Kier molecular flexibility index (Phi) is 5.93. The molecule has 1 heterocycles. The Morgan fingerprint density at radius 2 is 2.04 bits per heavy atom. The zero-order valence-corrected chi connectivity index (χ0v) is 16.0. The molecule has 0 spiro atoms. The molecule has 27 heavy (non-hydrogen) atoms. The van der Waals surface area contributed by atoms with Crippen LogP contribution in [0.1, 0.15) is 25.3 Å². The fourth-order valence-corrected chi connectivity index (χ4v) is 4.50. The van der Waals surface area contributed by atoms with Crippen molar-refractivity contribution in [3.05, 3.63) is 48.3 Å². The van der Waals surface area contributed by atoms with E-state index in [0.29, 0.717) is 25.9 Å². The first-order valence-corrected chi connectivity index (χ1v) is 10.4. The molecule has 1 aliphatic carbocycles. The highest BCUT2D eigenvalue weighted by Gasteiger charge is 2.36. The van der Waals surface area contributed by atoms with Crippen LogP contribution in [0.2, 0.25) is 0 Å². The number of aromatic nitrogens is 2. The molecule has 1 aliphatic rings. The molecule has 1 aromatic heterocycles. The summed E-state index contributed by atoms with van der Waals surface area (Å²) in [4.78, 5) is 12.9. The summed E-state index contributed by atoms with van der Waals surface area (Å²) in [6.45, 7) is 3.01. The van der Waals surface area contributed by atoms with E-state index in [9.17, 15) is 13.2 Å². The van der Waals surface area contributed by atoms with Crippen LogP contribution in [0.25, 0.3) is 0 Å². The lowest BCUT2D eigenvalue weighted by atomic mass is 9.86. The Morgan fingerprint density at radius 1 is 1.33 bits per heavy atom. The molecule has 0 saturated heterocycles. The molecule has 0 amide bonds. The van der Waals surface area contributed by atoms with Crippen LogP contribution in [0.15, 0.2) is 47.6 Å². The van der Waals surface area contributed by atoms with Crippen molar-refractivity contribution in [3.63, 3.8) is 0 Å². The van der Waals surface area contributed by atoms with Crippen molar-refractivity contribution in [2.75, 3.05) is 13.1 Å². The van der Waals surface area contributed by atoms with Crippen molar-refractivity contribution in [2.24, 2.45) is 0 Å². The largest absolute Gasteiger partial charge is 0.480 e. The summed E-state index contributed by atoms with van der Waals surface area (Å²) < 4.78 is 29.4. The molecule has 2 N–H and O–H groups in total. The molecule has 9 heteroatoms. The van der Waals surface area contributed by atoms with E-state index in [1.165, 1.54) is 12.4 Å². The molecule has 8 nitrogen and oxygen atoms in total. The van der Waals surface area contributed by atoms with E-state index in [1.807, 2.05) is 42.2 Å². The van der Waals surface area contributed by atoms with Crippen molar-refractivity contribution >= 4 is 16.0 Å². The van der Waals surface area contributed by atoms with E-state index in [4.69, 9.17) is 5.11 Å². The van der Waals surface area contributed by atoms with Gasteiger partial charge in [0, 0.05) is 18.3 Å². The van der Waals surface area contributed by atoms with Crippen molar-refractivity contribution < 1.29 is 18.3 Å². The molecule has 0 atom stereocenters. The molecule has 1 saturated carbocycles. The number of carboxylic acid groups (broad SMARTS) is 1. The number of carbonyl (C=O) groups is 1. The predicted molar refractivity (Wildman–Crippen MR) is 99.8 cm³/mol. The van der Waals surface area contributed by atoms with Crippen LogP contribution in [0.3, 0.4) is 0 Å².